The van der Waals surface area contributed by atoms with E-state index in [-0.39, 0.29) is 0 Å². The number of esters is 7. The molecular weight excluding hydrogens is 777 g/mol. The van der Waals surface area contributed by atoms with Gasteiger partial charge < -0.3 is 0 Å². The molecule has 53 heavy (non-hydrogen) atoms. The Balaban J connectivity index is 1.88. The van der Waals surface area contributed by atoms with E-state index in [1.54, 1.807) is 24.3 Å². The van der Waals surface area contributed by atoms with Crippen molar-refractivity contribution in [2.45, 2.75) is 110 Å². The molecule has 2 aliphatic rings. The van der Waals surface area contributed by atoms with Crippen molar-refractivity contribution in [3.63, 3.8) is 0 Å². The average molecular weight is 817 g/mol. The fourth-order valence-electron chi connectivity index (χ4n) is 5.83. The summed E-state index contributed by atoms with van der Waals surface area (Å²) in [5.41, 5.74) is -0.477. The van der Waals surface area contributed by atoms with E-state index in [0.717, 1.165) is 48.5 Å². The number of carbonyl (C=O) groups is 7. The Labute approximate surface area is 307 Å². The molecule has 10 atom stereocenters. The third-order valence-electron chi connectivity index (χ3n) is 7.65. The van der Waals surface area contributed by atoms with Crippen molar-refractivity contribution >= 4 is 66.2 Å². The van der Waals surface area contributed by atoms with Crippen LogP contribution < -0.4 is 5.56 Å². The predicted molar refractivity (Wildman–Crippen MR) is 174 cm³/mol. The fourth-order valence-corrected chi connectivity index (χ4v) is 8.06. The molecule has 290 valence electrons. The summed E-state index contributed by atoms with van der Waals surface area (Å²) in [7, 11) is 0. The van der Waals surface area contributed by atoms with Crippen molar-refractivity contribution in [3.8, 4) is 0 Å². The summed E-state index contributed by atoms with van der Waals surface area (Å²) in [5, 5.41) is 0.370. The topological polar surface area (TPSA) is 234 Å². The molecule has 1 aromatic carbocycles. The Morgan fingerprint density at radius 2 is 1.04 bits per heavy atom. The molecule has 2 saturated heterocycles. The van der Waals surface area contributed by atoms with Gasteiger partial charge in [-0.05, 0) is 0 Å². The molecule has 4 rings (SSSR count). The van der Waals surface area contributed by atoms with Crippen LogP contribution in [-0.4, -0.2) is 128 Å². The second kappa shape index (κ2) is 17.9. The maximum atomic E-state index is 13.7. The van der Waals surface area contributed by atoms with E-state index in [1.165, 1.54) is 3.56 Å². The monoisotopic (exact) mass is 817 g/mol. The number of fused-ring (bicyclic) bond motifs is 1. The number of ether oxygens (including phenoxy) is 10. The van der Waals surface area contributed by atoms with Crippen molar-refractivity contribution in [3.05, 3.63) is 34.6 Å². The summed E-state index contributed by atoms with van der Waals surface area (Å²) in [6, 6.07) is 6.77. The molecular formula is C33H39NO18Se. The number of hydrogen-bond acceptors (Lipinski definition) is 18. The molecule has 2 aromatic rings. The van der Waals surface area contributed by atoms with Crippen LogP contribution in [0.3, 0.4) is 0 Å². The fraction of sp³-hybridized carbons (Fsp3) is 0.576. The Morgan fingerprint density at radius 1 is 0.585 bits per heavy atom. The van der Waals surface area contributed by atoms with Gasteiger partial charge in [0.05, 0.1) is 0 Å². The maximum absolute atomic E-state index is 13.7. The molecule has 0 bridgehead atoms. The van der Waals surface area contributed by atoms with E-state index in [9.17, 15) is 38.4 Å². The number of aromatic nitrogens is 1. The number of benzene rings is 1. The molecule has 20 heteroatoms. The average Bonchev–Trinajstić information content (AvgIpc) is 3.38. The molecule has 0 radical (unpaired) electrons. The minimum atomic E-state index is -1.82. The van der Waals surface area contributed by atoms with Crippen LogP contribution in [0.25, 0.3) is 9.65 Å². The quantitative estimate of drug-likeness (QED) is 0.154. The number of nitrogens with zero attached hydrogens (tertiary/aromatic N) is 1. The minimum absolute atomic E-state index is 0.370. The second-order valence-electron chi connectivity index (χ2n) is 11.9. The molecule has 0 unspecified atom stereocenters. The van der Waals surface area contributed by atoms with E-state index < -0.39 is 137 Å². The van der Waals surface area contributed by atoms with Crippen LogP contribution in [0.5, 0.6) is 0 Å². The first-order valence-electron chi connectivity index (χ1n) is 16.2. The molecule has 0 spiro atoms. The summed E-state index contributed by atoms with van der Waals surface area (Å²) in [6.45, 7) is 6.30. The van der Waals surface area contributed by atoms with Gasteiger partial charge in [0.2, 0.25) is 0 Å². The summed E-state index contributed by atoms with van der Waals surface area (Å²) >= 11 is -0.725. The van der Waals surface area contributed by atoms with E-state index in [1.807, 2.05) is 0 Å². The molecule has 0 aliphatic carbocycles. The van der Waals surface area contributed by atoms with Crippen LogP contribution in [-0.2, 0) is 80.9 Å². The van der Waals surface area contributed by atoms with Gasteiger partial charge >= 0.3 is 285 Å². The Hall–Kier alpha value is -4.62. The molecule has 0 saturated carbocycles. The van der Waals surface area contributed by atoms with Crippen molar-refractivity contribution in [1.29, 1.82) is 0 Å². The van der Waals surface area contributed by atoms with Crippen LogP contribution >= 0.6 is 0 Å². The summed E-state index contributed by atoms with van der Waals surface area (Å²) in [5.74, 6) is -5.96. The zero-order valence-corrected chi connectivity index (χ0v) is 31.4. The third kappa shape index (κ3) is 10.5. The summed E-state index contributed by atoms with van der Waals surface area (Å²) in [4.78, 5) is 99.8. The van der Waals surface area contributed by atoms with Gasteiger partial charge in [0.25, 0.3) is 0 Å². The van der Waals surface area contributed by atoms with E-state index in [0.29, 0.717) is 9.65 Å². The van der Waals surface area contributed by atoms with Crippen LogP contribution in [0.15, 0.2) is 29.1 Å². The summed E-state index contributed by atoms with van der Waals surface area (Å²) < 4.78 is 59.0. The number of hydrogen-bond donors (Lipinski definition) is 0. The molecule has 1 aromatic heterocycles. The molecule has 2 fully saturated rings. The normalized spacial score (nSPS) is 28.2. The van der Waals surface area contributed by atoms with Gasteiger partial charge in [-0.1, -0.05) is 0 Å². The van der Waals surface area contributed by atoms with Gasteiger partial charge in [-0.3, -0.25) is 9.59 Å². The Morgan fingerprint density at radius 3 is 1.55 bits per heavy atom. The van der Waals surface area contributed by atoms with E-state index in [4.69, 9.17) is 47.4 Å². The number of rotatable bonds is 12. The van der Waals surface area contributed by atoms with Gasteiger partial charge in [0.15, 0.2) is 0 Å². The number of carbonyl (C=O) groups excluding carboxylic acids is 7. The molecule has 2 aliphatic heterocycles. The first kappa shape index (κ1) is 41.1. The van der Waals surface area contributed by atoms with E-state index >= 15 is 0 Å². The first-order valence-corrected chi connectivity index (χ1v) is 17.8. The summed E-state index contributed by atoms with van der Waals surface area (Å²) in [6.07, 6.45) is -15.8. The van der Waals surface area contributed by atoms with Gasteiger partial charge in [-0.25, -0.2) is 0 Å². The second-order valence-corrected chi connectivity index (χ2v) is 14.0. The van der Waals surface area contributed by atoms with Crippen LogP contribution in [0.1, 0.15) is 54.7 Å². The molecule has 3 heterocycles. The molecule has 19 nitrogen and oxygen atoms in total. The standard InChI is InChI=1S/C33H39NO18Se/c1-14(35)43-12-22-26(27(46-17(4)38)29(48-19(6)40)32(50-22)34-31(42)21-10-8-9-11-24(21)53-34)52-33-30(49-20(7)41)28(47-18(5)39)25(45-16(3)37)23(51-33)13-44-15(2)36/h8-11,22-23,25-30,32-33H,12-13H2,1-7H3/t22-,23-,25-,26-,27+,28+,29-,30-,32-,33+/m1/s1. The van der Waals surface area contributed by atoms with Gasteiger partial charge in [-0.15, -0.1) is 0 Å². The molecule has 0 amide bonds. The van der Waals surface area contributed by atoms with Crippen molar-refractivity contribution in [1.82, 2.24) is 3.56 Å². The van der Waals surface area contributed by atoms with Gasteiger partial charge in [0.1, 0.15) is 0 Å². The third-order valence-corrected chi connectivity index (χ3v) is 10.0. The molecule has 0 N–H and O–H groups in total. The van der Waals surface area contributed by atoms with Crippen LogP contribution in [0.4, 0.5) is 0 Å². The van der Waals surface area contributed by atoms with Crippen LogP contribution in [0.2, 0.25) is 0 Å². The predicted octanol–water partition coefficient (Wildman–Crippen LogP) is -0.149. The van der Waals surface area contributed by atoms with E-state index in [2.05, 4.69) is 0 Å². The van der Waals surface area contributed by atoms with Crippen molar-refractivity contribution < 1.29 is 80.9 Å². The van der Waals surface area contributed by atoms with Gasteiger partial charge in [-0.2, -0.15) is 0 Å². The van der Waals surface area contributed by atoms with Crippen molar-refractivity contribution in [2.75, 3.05) is 13.2 Å². The van der Waals surface area contributed by atoms with Crippen LogP contribution in [0, 0.1) is 0 Å². The zero-order valence-electron chi connectivity index (χ0n) is 29.7. The SMILES string of the molecule is CC(=O)OC[C@H]1O[C@@H](n2[se]c3ccccc3c2=O)[C@H](OC(C)=O)[C@@H](OC(C)=O)[C@@H]1O[C@@H]1O[C@H](COC(C)=O)[C@@H](OC(C)=O)[C@H](OC(C)=O)[C@H]1OC(C)=O. The first-order chi connectivity index (χ1) is 25.0. The van der Waals surface area contributed by atoms with Gasteiger partial charge in [0, 0.05) is 13.8 Å². The van der Waals surface area contributed by atoms with Crippen molar-refractivity contribution in [2.24, 2.45) is 0 Å². The zero-order chi connectivity index (χ0) is 39.1. The Kier molecular flexibility index (Phi) is 13.9. The Bertz CT molecular complexity index is 1770.